The number of aliphatic hydroxyl groups is 1. The monoisotopic (exact) mass is 341 g/mol. The summed E-state index contributed by atoms with van der Waals surface area (Å²) >= 11 is 0. The van der Waals surface area contributed by atoms with Crippen molar-refractivity contribution in [2.75, 3.05) is 7.11 Å². The van der Waals surface area contributed by atoms with Crippen molar-refractivity contribution in [3.05, 3.63) is 23.3 Å². The standard InChI is InChI=1S/C21H27NO3/c1-20-7-5-14-15(17(20)6-8-21(20,24)9-10-22)4-3-13-11-18(23)19(25-2)12-16(13)14/h11-12,14-15,17,23-24H,3-9H2,1-2H3. The number of nitrogens with zero attached hydrogens (tertiary/aromatic N) is 1. The Bertz CT molecular complexity index is 739. The van der Waals surface area contributed by atoms with Gasteiger partial charge in [0.05, 0.1) is 25.2 Å². The van der Waals surface area contributed by atoms with E-state index in [1.54, 1.807) is 7.11 Å². The minimum atomic E-state index is -0.829. The number of ether oxygens (including phenoxy) is 1. The summed E-state index contributed by atoms with van der Waals surface area (Å²) in [5.41, 5.74) is 1.59. The van der Waals surface area contributed by atoms with Crippen LogP contribution in [0.4, 0.5) is 0 Å². The molecule has 2 saturated carbocycles. The molecule has 3 aliphatic rings. The molecule has 4 nitrogen and oxygen atoms in total. The van der Waals surface area contributed by atoms with Gasteiger partial charge in [-0.15, -0.1) is 0 Å². The number of phenolic OH excluding ortho intramolecular Hbond substituents is 1. The maximum Gasteiger partial charge on any atom is 0.160 e. The van der Waals surface area contributed by atoms with E-state index in [4.69, 9.17) is 4.74 Å². The predicted molar refractivity (Wildman–Crippen MR) is 94.5 cm³/mol. The largest absolute Gasteiger partial charge is 0.504 e. The van der Waals surface area contributed by atoms with E-state index in [0.717, 1.165) is 38.5 Å². The van der Waals surface area contributed by atoms with Crippen LogP contribution in [0.1, 0.15) is 62.5 Å². The minimum Gasteiger partial charge on any atom is -0.504 e. The molecule has 0 bridgehead atoms. The molecule has 5 atom stereocenters. The number of hydrogen-bond acceptors (Lipinski definition) is 4. The van der Waals surface area contributed by atoms with Gasteiger partial charge in [-0.25, -0.2) is 0 Å². The van der Waals surface area contributed by atoms with Crippen LogP contribution >= 0.6 is 0 Å². The number of rotatable bonds is 2. The normalized spacial score (nSPS) is 39.0. The van der Waals surface area contributed by atoms with Gasteiger partial charge in [-0.3, -0.25) is 0 Å². The zero-order chi connectivity index (χ0) is 17.8. The number of phenols is 1. The number of benzene rings is 1. The molecule has 0 saturated heterocycles. The summed E-state index contributed by atoms with van der Waals surface area (Å²) in [7, 11) is 1.60. The Labute approximate surface area is 149 Å². The highest BCUT2D eigenvalue weighted by molar-refractivity contribution is 5.49. The van der Waals surface area contributed by atoms with Crippen molar-refractivity contribution in [2.45, 2.75) is 63.4 Å². The third kappa shape index (κ3) is 2.22. The van der Waals surface area contributed by atoms with Crippen LogP contribution < -0.4 is 4.74 Å². The van der Waals surface area contributed by atoms with Crippen molar-refractivity contribution >= 4 is 0 Å². The highest BCUT2D eigenvalue weighted by Crippen LogP contribution is 2.65. The third-order valence-corrected chi connectivity index (χ3v) is 7.72. The van der Waals surface area contributed by atoms with E-state index >= 15 is 0 Å². The summed E-state index contributed by atoms with van der Waals surface area (Å²) in [5.74, 6) is 2.27. The van der Waals surface area contributed by atoms with Gasteiger partial charge in [0.15, 0.2) is 11.5 Å². The topological polar surface area (TPSA) is 73.5 Å². The molecule has 4 heteroatoms. The van der Waals surface area contributed by atoms with Crippen LogP contribution in [0.25, 0.3) is 0 Å². The SMILES string of the molecule is COc1cc2c(cc1O)CCC1C2CCC2(C)C1CCC2(O)CC#N. The number of aromatic hydroxyl groups is 1. The maximum atomic E-state index is 11.2. The van der Waals surface area contributed by atoms with Crippen LogP contribution in [0.5, 0.6) is 11.5 Å². The molecule has 3 aliphatic carbocycles. The van der Waals surface area contributed by atoms with E-state index in [1.807, 2.05) is 12.1 Å². The summed E-state index contributed by atoms with van der Waals surface area (Å²) in [6.45, 7) is 2.21. The number of aryl methyl sites for hydroxylation is 1. The Morgan fingerprint density at radius 1 is 1.28 bits per heavy atom. The summed E-state index contributed by atoms with van der Waals surface area (Å²) in [5, 5.41) is 30.5. The Morgan fingerprint density at radius 3 is 2.80 bits per heavy atom. The summed E-state index contributed by atoms with van der Waals surface area (Å²) in [4.78, 5) is 0. The first-order valence-electron chi connectivity index (χ1n) is 9.42. The average Bonchev–Trinajstić information content (AvgIpc) is 2.86. The lowest BCUT2D eigenvalue weighted by molar-refractivity contribution is -0.0993. The number of methoxy groups -OCH3 is 1. The smallest absolute Gasteiger partial charge is 0.160 e. The predicted octanol–water partition coefficient (Wildman–Crippen LogP) is 3.90. The Kier molecular flexibility index (Phi) is 3.77. The molecule has 2 N–H and O–H groups in total. The van der Waals surface area contributed by atoms with Crippen molar-refractivity contribution < 1.29 is 14.9 Å². The van der Waals surface area contributed by atoms with Gasteiger partial charge in [0.2, 0.25) is 0 Å². The first kappa shape index (κ1) is 16.7. The maximum absolute atomic E-state index is 11.2. The molecule has 0 spiro atoms. The molecule has 1 aromatic rings. The van der Waals surface area contributed by atoms with Crippen molar-refractivity contribution in [1.29, 1.82) is 5.26 Å². The van der Waals surface area contributed by atoms with Crippen LogP contribution in [-0.2, 0) is 6.42 Å². The zero-order valence-electron chi connectivity index (χ0n) is 15.1. The molecule has 0 aromatic heterocycles. The lowest BCUT2D eigenvalue weighted by atomic mass is 9.53. The molecule has 0 radical (unpaired) electrons. The van der Waals surface area contributed by atoms with Gasteiger partial charge in [0, 0.05) is 5.41 Å². The Morgan fingerprint density at radius 2 is 2.08 bits per heavy atom. The Balaban J connectivity index is 1.70. The van der Waals surface area contributed by atoms with Crippen molar-refractivity contribution in [1.82, 2.24) is 0 Å². The zero-order valence-corrected chi connectivity index (χ0v) is 15.1. The fourth-order valence-corrected chi connectivity index (χ4v) is 6.28. The van der Waals surface area contributed by atoms with E-state index in [-0.39, 0.29) is 17.6 Å². The molecule has 0 amide bonds. The summed E-state index contributed by atoms with van der Waals surface area (Å²) < 4.78 is 5.34. The number of fused-ring (bicyclic) bond motifs is 5. The molecular formula is C21H27NO3. The van der Waals surface area contributed by atoms with Crippen molar-refractivity contribution in [2.24, 2.45) is 17.3 Å². The molecule has 134 valence electrons. The lowest BCUT2D eigenvalue weighted by Crippen LogP contribution is -2.50. The minimum absolute atomic E-state index is 0.150. The second-order valence-electron chi connectivity index (χ2n) is 8.50. The van der Waals surface area contributed by atoms with Crippen LogP contribution in [0.15, 0.2) is 12.1 Å². The van der Waals surface area contributed by atoms with E-state index in [0.29, 0.717) is 23.5 Å². The molecule has 0 heterocycles. The second kappa shape index (κ2) is 5.64. The summed E-state index contributed by atoms with van der Waals surface area (Å²) in [6.07, 6.45) is 6.07. The summed E-state index contributed by atoms with van der Waals surface area (Å²) in [6, 6.07) is 6.13. The highest BCUT2D eigenvalue weighted by Gasteiger charge is 2.61. The first-order chi connectivity index (χ1) is 11.9. The second-order valence-corrected chi connectivity index (χ2v) is 8.50. The van der Waals surface area contributed by atoms with Crippen molar-refractivity contribution in [3.8, 4) is 17.6 Å². The van der Waals surface area contributed by atoms with Gasteiger partial charge in [0.1, 0.15) is 0 Å². The van der Waals surface area contributed by atoms with Crippen molar-refractivity contribution in [3.63, 3.8) is 0 Å². The highest BCUT2D eigenvalue weighted by atomic mass is 16.5. The van der Waals surface area contributed by atoms with E-state index in [2.05, 4.69) is 13.0 Å². The third-order valence-electron chi connectivity index (χ3n) is 7.72. The van der Waals surface area contributed by atoms with Crippen LogP contribution in [0.2, 0.25) is 0 Å². The fraction of sp³-hybridized carbons (Fsp3) is 0.667. The molecule has 1 aromatic carbocycles. The lowest BCUT2D eigenvalue weighted by Gasteiger charge is -2.53. The van der Waals surface area contributed by atoms with E-state index < -0.39 is 5.60 Å². The van der Waals surface area contributed by atoms with Crippen LogP contribution in [0.3, 0.4) is 0 Å². The number of nitriles is 1. The van der Waals surface area contributed by atoms with E-state index in [9.17, 15) is 15.5 Å². The van der Waals surface area contributed by atoms with E-state index in [1.165, 1.54) is 11.1 Å². The molecule has 5 unspecified atom stereocenters. The molecule has 25 heavy (non-hydrogen) atoms. The van der Waals surface area contributed by atoms with Crippen LogP contribution in [0, 0.1) is 28.6 Å². The van der Waals surface area contributed by atoms with Gasteiger partial charge < -0.3 is 14.9 Å². The van der Waals surface area contributed by atoms with Gasteiger partial charge in [0.25, 0.3) is 0 Å². The number of hydrogen-bond donors (Lipinski definition) is 2. The molecular weight excluding hydrogens is 314 g/mol. The van der Waals surface area contributed by atoms with Gasteiger partial charge in [-0.2, -0.15) is 5.26 Å². The van der Waals surface area contributed by atoms with Gasteiger partial charge >= 0.3 is 0 Å². The first-order valence-corrected chi connectivity index (χ1v) is 9.42. The average molecular weight is 341 g/mol. The molecule has 0 aliphatic heterocycles. The van der Waals surface area contributed by atoms with Gasteiger partial charge in [-0.05, 0) is 79.5 Å². The Hall–Kier alpha value is -1.73. The quantitative estimate of drug-likeness (QED) is 0.855. The molecule has 2 fully saturated rings. The fourth-order valence-electron chi connectivity index (χ4n) is 6.28. The van der Waals surface area contributed by atoms with Crippen LogP contribution in [-0.4, -0.2) is 22.9 Å². The van der Waals surface area contributed by atoms with Gasteiger partial charge in [-0.1, -0.05) is 6.92 Å². The molecule has 4 rings (SSSR count).